The van der Waals surface area contributed by atoms with Gasteiger partial charge in [0.25, 0.3) is 5.22 Å². The van der Waals surface area contributed by atoms with E-state index in [-0.39, 0.29) is 0 Å². The molecule has 0 spiro atoms. The van der Waals surface area contributed by atoms with Crippen LogP contribution < -0.4 is 0 Å². The number of aryl methyl sites for hydroxylation is 2. The first-order valence-electron chi connectivity index (χ1n) is 7.65. The SMILES string of the molecule is Cc1ccc(-c2nnc(SCc3cn4cccc(C)c4n3)o2)cc1. The van der Waals surface area contributed by atoms with Gasteiger partial charge in [-0.05, 0) is 37.6 Å². The number of pyridine rings is 1. The average molecular weight is 336 g/mol. The molecular formula is C18H16N4OS. The number of benzene rings is 1. The molecule has 0 atom stereocenters. The van der Waals surface area contributed by atoms with Gasteiger partial charge in [0.15, 0.2) is 0 Å². The number of imidazole rings is 1. The number of rotatable bonds is 4. The molecular weight excluding hydrogens is 320 g/mol. The van der Waals surface area contributed by atoms with Crippen molar-refractivity contribution in [2.75, 3.05) is 0 Å². The van der Waals surface area contributed by atoms with E-state index in [4.69, 9.17) is 4.42 Å². The topological polar surface area (TPSA) is 56.2 Å². The van der Waals surface area contributed by atoms with Gasteiger partial charge >= 0.3 is 0 Å². The number of nitrogens with zero attached hydrogens (tertiary/aromatic N) is 4. The number of thioether (sulfide) groups is 1. The van der Waals surface area contributed by atoms with E-state index in [1.165, 1.54) is 17.3 Å². The molecule has 0 aliphatic heterocycles. The van der Waals surface area contributed by atoms with Crippen molar-refractivity contribution in [3.63, 3.8) is 0 Å². The van der Waals surface area contributed by atoms with Crippen LogP contribution in [0.2, 0.25) is 0 Å². The summed E-state index contributed by atoms with van der Waals surface area (Å²) >= 11 is 1.50. The van der Waals surface area contributed by atoms with Crippen LogP contribution >= 0.6 is 11.8 Å². The number of hydrogen-bond donors (Lipinski definition) is 0. The summed E-state index contributed by atoms with van der Waals surface area (Å²) in [6, 6.07) is 12.1. The highest BCUT2D eigenvalue weighted by Crippen LogP contribution is 2.26. The molecule has 0 aliphatic carbocycles. The molecule has 0 N–H and O–H groups in total. The molecule has 0 bridgehead atoms. The lowest BCUT2D eigenvalue weighted by Crippen LogP contribution is -1.84. The van der Waals surface area contributed by atoms with Gasteiger partial charge in [0.2, 0.25) is 5.89 Å². The van der Waals surface area contributed by atoms with Crippen LogP contribution in [0.4, 0.5) is 0 Å². The van der Waals surface area contributed by atoms with Crippen LogP contribution in [0, 0.1) is 13.8 Å². The molecule has 24 heavy (non-hydrogen) atoms. The zero-order valence-electron chi connectivity index (χ0n) is 13.4. The maximum Gasteiger partial charge on any atom is 0.277 e. The smallest absolute Gasteiger partial charge is 0.277 e. The summed E-state index contributed by atoms with van der Waals surface area (Å²) in [4.78, 5) is 4.65. The van der Waals surface area contributed by atoms with Crippen LogP contribution in [0.1, 0.15) is 16.8 Å². The highest BCUT2D eigenvalue weighted by Gasteiger charge is 2.10. The zero-order valence-corrected chi connectivity index (χ0v) is 14.2. The second kappa shape index (κ2) is 6.13. The maximum absolute atomic E-state index is 5.74. The van der Waals surface area contributed by atoms with E-state index in [0.717, 1.165) is 22.5 Å². The Labute approximate surface area is 143 Å². The van der Waals surface area contributed by atoms with Crippen LogP contribution in [0.15, 0.2) is 58.4 Å². The van der Waals surface area contributed by atoms with Gasteiger partial charge in [-0.25, -0.2) is 4.98 Å². The number of hydrogen-bond acceptors (Lipinski definition) is 5. The summed E-state index contributed by atoms with van der Waals surface area (Å²) in [5, 5.41) is 8.79. The normalized spacial score (nSPS) is 11.2. The zero-order chi connectivity index (χ0) is 16.5. The summed E-state index contributed by atoms with van der Waals surface area (Å²) in [7, 11) is 0. The third kappa shape index (κ3) is 2.92. The molecule has 0 radical (unpaired) electrons. The molecule has 6 heteroatoms. The predicted molar refractivity (Wildman–Crippen MR) is 94.0 cm³/mol. The molecule has 0 fully saturated rings. The van der Waals surface area contributed by atoms with E-state index in [0.29, 0.717) is 16.9 Å². The monoisotopic (exact) mass is 336 g/mol. The summed E-state index contributed by atoms with van der Waals surface area (Å²) in [6.45, 7) is 4.11. The Morgan fingerprint density at radius 3 is 2.71 bits per heavy atom. The standard InChI is InChI=1S/C18H16N4OS/c1-12-5-7-14(8-6-12)17-20-21-18(23-17)24-11-15-10-22-9-3-4-13(2)16(22)19-15/h3-10H,11H2,1-2H3. The minimum Gasteiger partial charge on any atom is -0.411 e. The average Bonchev–Trinajstić information content (AvgIpc) is 3.21. The van der Waals surface area contributed by atoms with Crippen LogP contribution in [0.25, 0.3) is 17.1 Å². The number of fused-ring (bicyclic) bond motifs is 1. The van der Waals surface area contributed by atoms with Gasteiger partial charge in [-0.3, -0.25) is 0 Å². The van der Waals surface area contributed by atoms with E-state index >= 15 is 0 Å². The van der Waals surface area contributed by atoms with Gasteiger partial charge in [0.05, 0.1) is 5.69 Å². The fourth-order valence-electron chi connectivity index (χ4n) is 2.49. The Morgan fingerprint density at radius 1 is 1.08 bits per heavy atom. The third-order valence-electron chi connectivity index (χ3n) is 3.78. The van der Waals surface area contributed by atoms with Crippen molar-refractivity contribution in [1.82, 2.24) is 19.6 Å². The second-order valence-electron chi connectivity index (χ2n) is 5.68. The predicted octanol–water partition coefficient (Wildman–Crippen LogP) is 4.29. The van der Waals surface area contributed by atoms with Crippen LogP contribution in [-0.2, 0) is 5.75 Å². The minimum atomic E-state index is 0.545. The molecule has 0 unspecified atom stereocenters. The van der Waals surface area contributed by atoms with Crippen molar-refractivity contribution < 1.29 is 4.42 Å². The molecule has 0 amide bonds. The van der Waals surface area contributed by atoms with Crippen molar-refractivity contribution in [2.45, 2.75) is 24.8 Å². The van der Waals surface area contributed by atoms with Crippen LogP contribution in [-0.4, -0.2) is 19.6 Å². The van der Waals surface area contributed by atoms with Crippen molar-refractivity contribution in [3.8, 4) is 11.5 Å². The third-order valence-corrected chi connectivity index (χ3v) is 4.63. The Hall–Kier alpha value is -2.60. The Bertz CT molecular complexity index is 988. The first kappa shape index (κ1) is 15.0. The summed E-state index contributed by atoms with van der Waals surface area (Å²) in [5.74, 6) is 1.24. The molecule has 3 aromatic heterocycles. The first-order chi connectivity index (χ1) is 11.7. The Kier molecular flexibility index (Phi) is 3.82. The lowest BCUT2D eigenvalue weighted by atomic mass is 10.1. The van der Waals surface area contributed by atoms with Crippen LogP contribution in [0.3, 0.4) is 0 Å². The highest BCUT2D eigenvalue weighted by atomic mass is 32.2. The summed E-state index contributed by atoms with van der Waals surface area (Å²) < 4.78 is 7.77. The molecule has 120 valence electrons. The Balaban J connectivity index is 1.49. The summed E-state index contributed by atoms with van der Waals surface area (Å²) in [5.41, 5.74) is 5.27. The molecule has 3 heterocycles. The van der Waals surface area contributed by atoms with Gasteiger partial charge in [0, 0.05) is 23.7 Å². The molecule has 5 nitrogen and oxygen atoms in total. The van der Waals surface area contributed by atoms with Crippen molar-refractivity contribution in [1.29, 1.82) is 0 Å². The molecule has 4 rings (SSSR count). The highest BCUT2D eigenvalue weighted by molar-refractivity contribution is 7.98. The fraction of sp³-hybridized carbons (Fsp3) is 0.167. The van der Waals surface area contributed by atoms with Gasteiger partial charge in [0.1, 0.15) is 5.65 Å². The van der Waals surface area contributed by atoms with E-state index in [1.807, 2.05) is 47.1 Å². The number of aromatic nitrogens is 4. The molecule has 0 aliphatic rings. The van der Waals surface area contributed by atoms with Gasteiger partial charge in [-0.15, -0.1) is 10.2 Å². The minimum absolute atomic E-state index is 0.545. The lowest BCUT2D eigenvalue weighted by Gasteiger charge is -1.95. The molecule has 4 aromatic rings. The Morgan fingerprint density at radius 2 is 1.92 bits per heavy atom. The first-order valence-corrected chi connectivity index (χ1v) is 8.64. The van der Waals surface area contributed by atoms with E-state index in [9.17, 15) is 0 Å². The second-order valence-corrected chi connectivity index (χ2v) is 6.61. The van der Waals surface area contributed by atoms with Gasteiger partial charge in [-0.2, -0.15) is 0 Å². The van der Waals surface area contributed by atoms with Crippen molar-refractivity contribution >= 4 is 17.4 Å². The van der Waals surface area contributed by atoms with Crippen molar-refractivity contribution in [3.05, 3.63) is 65.6 Å². The lowest BCUT2D eigenvalue weighted by molar-refractivity contribution is 0.466. The van der Waals surface area contributed by atoms with E-state index < -0.39 is 0 Å². The summed E-state index contributed by atoms with van der Waals surface area (Å²) in [6.07, 6.45) is 4.04. The maximum atomic E-state index is 5.74. The molecule has 1 aromatic carbocycles. The molecule has 0 saturated carbocycles. The van der Waals surface area contributed by atoms with E-state index in [2.05, 4.69) is 35.1 Å². The van der Waals surface area contributed by atoms with Gasteiger partial charge < -0.3 is 8.82 Å². The molecule has 0 saturated heterocycles. The van der Waals surface area contributed by atoms with Gasteiger partial charge in [-0.1, -0.05) is 35.5 Å². The quantitative estimate of drug-likeness (QED) is 0.520. The largest absolute Gasteiger partial charge is 0.411 e. The van der Waals surface area contributed by atoms with Crippen LogP contribution in [0.5, 0.6) is 0 Å². The fourth-order valence-corrected chi connectivity index (χ4v) is 3.14. The van der Waals surface area contributed by atoms with E-state index in [1.54, 1.807) is 0 Å². The van der Waals surface area contributed by atoms with Crippen molar-refractivity contribution in [2.24, 2.45) is 0 Å².